The van der Waals surface area contributed by atoms with Crippen molar-refractivity contribution in [2.45, 2.75) is 90.6 Å². The van der Waals surface area contributed by atoms with E-state index in [0.29, 0.717) is 6.10 Å². The molecule has 0 fully saturated rings. The Morgan fingerprint density at radius 1 is 0.944 bits per heavy atom. The van der Waals surface area contributed by atoms with E-state index >= 15 is 0 Å². The average Bonchev–Trinajstić information content (AvgIpc) is 2.38. The van der Waals surface area contributed by atoms with Gasteiger partial charge in [0.1, 0.15) is 0 Å². The molecule has 0 aromatic carbocycles. The summed E-state index contributed by atoms with van der Waals surface area (Å²) < 4.78 is 5.79. The number of rotatable bonds is 14. The molecule has 0 saturated carbocycles. The van der Waals surface area contributed by atoms with Gasteiger partial charge in [0.05, 0.1) is 6.10 Å². The van der Waals surface area contributed by atoms with Crippen molar-refractivity contribution in [3.8, 4) is 0 Å². The molecule has 0 aliphatic heterocycles. The highest BCUT2D eigenvalue weighted by Gasteiger charge is 2.01. The summed E-state index contributed by atoms with van der Waals surface area (Å²) in [5.74, 6) is 0. The minimum absolute atomic E-state index is 0.452. The molecule has 0 aromatic heterocycles. The first-order valence-electron chi connectivity index (χ1n) is 7.96. The van der Waals surface area contributed by atoms with Gasteiger partial charge in [-0.3, -0.25) is 0 Å². The summed E-state index contributed by atoms with van der Waals surface area (Å²) in [6.45, 7) is 10.7. The first-order valence-corrected chi connectivity index (χ1v) is 7.96. The molecule has 1 heteroatoms. The molecule has 1 radical (unpaired) electrons. The number of allylic oxidation sites excluding steroid dienone is 1. The number of hydrogen-bond donors (Lipinski definition) is 0. The molecule has 0 aliphatic rings. The van der Waals surface area contributed by atoms with Gasteiger partial charge in [0.25, 0.3) is 0 Å². The van der Waals surface area contributed by atoms with Gasteiger partial charge in [0, 0.05) is 6.61 Å². The van der Waals surface area contributed by atoms with E-state index in [4.69, 9.17) is 11.3 Å². The second kappa shape index (κ2) is 14.8. The van der Waals surface area contributed by atoms with E-state index < -0.39 is 0 Å². The lowest BCUT2D eigenvalue weighted by atomic mass is 10.1. The Kier molecular flexibility index (Phi) is 14.5. The molecule has 0 amide bonds. The van der Waals surface area contributed by atoms with Gasteiger partial charge in [-0.1, -0.05) is 64.5 Å². The zero-order valence-corrected chi connectivity index (χ0v) is 12.6. The van der Waals surface area contributed by atoms with Crippen LogP contribution in [0.4, 0.5) is 0 Å². The fourth-order valence-corrected chi connectivity index (χ4v) is 2.12. The number of unbranched alkanes of at least 4 members (excludes halogenated alkanes) is 8. The average molecular weight is 253 g/mol. The minimum Gasteiger partial charge on any atom is -0.379 e. The van der Waals surface area contributed by atoms with E-state index in [1.54, 1.807) is 6.08 Å². The summed E-state index contributed by atoms with van der Waals surface area (Å²) in [6.07, 6.45) is 16.3. The highest BCUT2D eigenvalue weighted by atomic mass is 16.5. The van der Waals surface area contributed by atoms with Gasteiger partial charge in [-0.25, -0.2) is 0 Å². The third-order valence-electron chi connectivity index (χ3n) is 3.38. The molecule has 107 valence electrons. The fraction of sp³-hybridized carbons (Fsp3) is 0.882. The first kappa shape index (κ1) is 17.7. The van der Waals surface area contributed by atoms with Crippen molar-refractivity contribution in [2.75, 3.05) is 6.61 Å². The van der Waals surface area contributed by atoms with Crippen molar-refractivity contribution in [2.24, 2.45) is 0 Å². The maximum Gasteiger partial charge on any atom is 0.0547 e. The highest BCUT2D eigenvalue weighted by molar-refractivity contribution is 4.61. The smallest absolute Gasteiger partial charge is 0.0547 e. The van der Waals surface area contributed by atoms with Crippen molar-refractivity contribution in [1.82, 2.24) is 0 Å². The summed E-state index contributed by atoms with van der Waals surface area (Å²) in [5.41, 5.74) is 0. The summed E-state index contributed by atoms with van der Waals surface area (Å²) in [7, 11) is 0. The first-order chi connectivity index (χ1) is 8.81. The molecule has 0 saturated heterocycles. The van der Waals surface area contributed by atoms with Crippen LogP contribution in [0.3, 0.4) is 0 Å². The van der Waals surface area contributed by atoms with Crippen LogP contribution in [0.1, 0.15) is 84.5 Å². The largest absolute Gasteiger partial charge is 0.379 e. The van der Waals surface area contributed by atoms with Gasteiger partial charge in [0.2, 0.25) is 0 Å². The third kappa shape index (κ3) is 13.8. The molecule has 1 unspecified atom stereocenters. The lowest BCUT2D eigenvalue weighted by Gasteiger charge is -2.12. The van der Waals surface area contributed by atoms with Crippen LogP contribution in [-0.4, -0.2) is 12.7 Å². The Labute approximate surface area is 115 Å². The Bertz CT molecular complexity index is 165. The highest BCUT2D eigenvalue weighted by Crippen LogP contribution is 2.11. The monoisotopic (exact) mass is 253 g/mol. The summed E-state index contributed by atoms with van der Waals surface area (Å²) in [6, 6.07) is 0. The topological polar surface area (TPSA) is 9.23 Å². The second-order valence-corrected chi connectivity index (χ2v) is 5.32. The predicted octanol–water partition coefficient (Wildman–Crippen LogP) is 5.69. The molecule has 0 aliphatic carbocycles. The summed E-state index contributed by atoms with van der Waals surface area (Å²) in [4.78, 5) is 0. The summed E-state index contributed by atoms with van der Waals surface area (Å²) >= 11 is 0. The Morgan fingerprint density at radius 3 is 2.28 bits per heavy atom. The van der Waals surface area contributed by atoms with Crippen molar-refractivity contribution < 1.29 is 4.74 Å². The number of hydrogen-bond acceptors (Lipinski definition) is 1. The Balaban J connectivity index is 3.10. The van der Waals surface area contributed by atoms with Crippen LogP contribution in [-0.2, 0) is 4.74 Å². The second-order valence-electron chi connectivity index (χ2n) is 5.32. The van der Waals surface area contributed by atoms with Crippen LogP contribution in [0.2, 0.25) is 0 Å². The van der Waals surface area contributed by atoms with Crippen LogP contribution in [0.5, 0.6) is 0 Å². The van der Waals surface area contributed by atoms with Crippen molar-refractivity contribution in [3.05, 3.63) is 12.7 Å². The molecule has 0 rings (SSSR count). The van der Waals surface area contributed by atoms with Gasteiger partial charge >= 0.3 is 0 Å². The molecule has 0 spiro atoms. The van der Waals surface area contributed by atoms with Crippen LogP contribution < -0.4 is 0 Å². The van der Waals surface area contributed by atoms with Crippen molar-refractivity contribution in [1.29, 1.82) is 0 Å². The van der Waals surface area contributed by atoms with Gasteiger partial charge < -0.3 is 4.74 Å². The number of ether oxygens (including phenoxy) is 1. The Hall–Kier alpha value is -0.300. The van der Waals surface area contributed by atoms with Crippen molar-refractivity contribution in [3.63, 3.8) is 0 Å². The lowest BCUT2D eigenvalue weighted by Crippen LogP contribution is -2.09. The van der Waals surface area contributed by atoms with E-state index in [-0.39, 0.29) is 0 Å². The standard InChI is InChI=1S/C17H33O/c1-4-6-8-9-10-11-12-13-15-17(3)18-16-14-7-5-2/h1,4,17H,5-16H2,2-3H3. The van der Waals surface area contributed by atoms with Gasteiger partial charge in [-0.15, -0.1) is 0 Å². The quantitative estimate of drug-likeness (QED) is 0.361. The van der Waals surface area contributed by atoms with E-state index in [9.17, 15) is 0 Å². The molecular weight excluding hydrogens is 220 g/mol. The molecule has 0 N–H and O–H groups in total. The van der Waals surface area contributed by atoms with Crippen LogP contribution in [0.25, 0.3) is 0 Å². The summed E-state index contributed by atoms with van der Waals surface area (Å²) in [5, 5.41) is 0. The molecular formula is C17H33O. The SMILES string of the molecule is [CH]=CCCCCCCCCC(C)OCCCCC. The van der Waals surface area contributed by atoms with Gasteiger partial charge in [-0.2, -0.15) is 0 Å². The maximum atomic E-state index is 5.79. The van der Waals surface area contributed by atoms with E-state index in [1.807, 2.05) is 0 Å². The van der Waals surface area contributed by atoms with Crippen LogP contribution in [0.15, 0.2) is 6.08 Å². The zero-order valence-electron chi connectivity index (χ0n) is 12.6. The molecule has 18 heavy (non-hydrogen) atoms. The Morgan fingerprint density at radius 2 is 1.61 bits per heavy atom. The van der Waals surface area contributed by atoms with Gasteiger partial charge in [-0.05, 0) is 32.6 Å². The van der Waals surface area contributed by atoms with E-state index in [2.05, 4.69) is 13.8 Å². The van der Waals surface area contributed by atoms with Crippen LogP contribution >= 0.6 is 0 Å². The molecule has 1 atom stereocenters. The normalized spacial score (nSPS) is 12.6. The fourth-order valence-electron chi connectivity index (χ4n) is 2.12. The molecule has 0 bridgehead atoms. The molecule has 1 nitrogen and oxygen atoms in total. The zero-order chi connectivity index (χ0) is 13.5. The van der Waals surface area contributed by atoms with Gasteiger partial charge in [0.15, 0.2) is 0 Å². The predicted molar refractivity (Wildman–Crippen MR) is 80.7 cm³/mol. The lowest BCUT2D eigenvalue weighted by molar-refractivity contribution is 0.0559. The van der Waals surface area contributed by atoms with Crippen molar-refractivity contribution >= 4 is 0 Å². The molecule has 0 aromatic rings. The van der Waals surface area contributed by atoms with E-state index in [0.717, 1.165) is 13.0 Å². The maximum absolute atomic E-state index is 5.79. The van der Waals surface area contributed by atoms with Crippen LogP contribution in [0, 0.1) is 6.58 Å². The van der Waals surface area contributed by atoms with E-state index in [1.165, 1.54) is 64.2 Å². The third-order valence-corrected chi connectivity index (χ3v) is 3.38. The minimum atomic E-state index is 0.452. The molecule has 0 heterocycles.